The second-order valence-corrected chi connectivity index (χ2v) is 9.05. The Kier molecular flexibility index (Phi) is 5.56. The lowest BCUT2D eigenvalue weighted by Gasteiger charge is -2.29. The van der Waals surface area contributed by atoms with Gasteiger partial charge in [-0.1, -0.05) is 101 Å². The molecule has 0 unspecified atom stereocenters. The van der Waals surface area contributed by atoms with Crippen molar-refractivity contribution in [1.29, 1.82) is 0 Å². The van der Waals surface area contributed by atoms with Crippen molar-refractivity contribution in [2.45, 2.75) is 53.4 Å². The summed E-state index contributed by atoms with van der Waals surface area (Å²) in [5.74, 6) is 0.611. The van der Waals surface area contributed by atoms with Gasteiger partial charge in [0.05, 0.1) is 0 Å². The van der Waals surface area contributed by atoms with E-state index in [4.69, 9.17) is 0 Å². The fourth-order valence-corrected chi connectivity index (χ4v) is 4.05. The van der Waals surface area contributed by atoms with Crippen LogP contribution in [0.4, 0.5) is 0 Å². The van der Waals surface area contributed by atoms with E-state index in [0.717, 1.165) is 6.42 Å². The van der Waals surface area contributed by atoms with Gasteiger partial charge >= 0.3 is 0 Å². The SMILES string of the molecule is Cc1cc(C(C)(C)C)c(CC(C)C)c(-c2ccccc2)c1-c1ccccc1. The van der Waals surface area contributed by atoms with Gasteiger partial charge in [-0.05, 0) is 63.6 Å². The average Bonchev–Trinajstić information content (AvgIpc) is 2.62. The second-order valence-electron chi connectivity index (χ2n) is 9.05. The van der Waals surface area contributed by atoms with Crippen molar-refractivity contribution in [3.8, 4) is 22.3 Å². The van der Waals surface area contributed by atoms with Crippen LogP contribution in [-0.2, 0) is 11.8 Å². The number of hydrogen-bond donors (Lipinski definition) is 0. The maximum atomic E-state index is 2.44. The Morgan fingerprint density at radius 2 is 1.22 bits per heavy atom. The zero-order chi connectivity index (χ0) is 19.6. The molecule has 0 aliphatic heterocycles. The third kappa shape index (κ3) is 4.16. The van der Waals surface area contributed by atoms with Crippen molar-refractivity contribution < 1.29 is 0 Å². The molecule has 0 nitrogen and oxygen atoms in total. The molecule has 0 aromatic heterocycles. The van der Waals surface area contributed by atoms with E-state index in [0.29, 0.717) is 5.92 Å². The minimum Gasteiger partial charge on any atom is -0.0625 e. The van der Waals surface area contributed by atoms with Crippen LogP contribution < -0.4 is 0 Å². The van der Waals surface area contributed by atoms with Gasteiger partial charge in [-0.3, -0.25) is 0 Å². The predicted molar refractivity (Wildman–Crippen MR) is 119 cm³/mol. The Morgan fingerprint density at radius 3 is 1.67 bits per heavy atom. The topological polar surface area (TPSA) is 0 Å². The van der Waals surface area contributed by atoms with Crippen molar-refractivity contribution in [2.75, 3.05) is 0 Å². The van der Waals surface area contributed by atoms with E-state index in [1.807, 2.05) is 0 Å². The highest BCUT2D eigenvalue weighted by Gasteiger charge is 2.25. The minimum absolute atomic E-state index is 0.119. The van der Waals surface area contributed by atoms with Gasteiger partial charge in [-0.2, -0.15) is 0 Å². The normalized spacial score (nSPS) is 11.8. The first kappa shape index (κ1) is 19.4. The van der Waals surface area contributed by atoms with Gasteiger partial charge in [0.2, 0.25) is 0 Å². The number of aryl methyl sites for hydroxylation is 1. The fourth-order valence-electron chi connectivity index (χ4n) is 4.05. The molecule has 0 radical (unpaired) electrons. The standard InChI is InChI=1S/C27H32/c1-19(2)17-23-24(27(4,5)6)18-20(3)25(21-13-9-7-10-14-21)26(23)22-15-11-8-12-16-22/h7-16,18-19H,17H2,1-6H3. The maximum absolute atomic E-state index is 2.44. The Balaban J connectivity index is 2.44. The molecule has 0 saturated carbocycles. The van der Waals surface area contributed by atoms with Gasteiger partial charge in [0, 0.05) is 0 Å². The Labute approximate surface area is 165 Å². The molecule has 3 aromatic rings. The highest BCUT2D eigenvalue weighted by atomic mass is 14.3. The highest BCUT2D eigenvalue weighted by molar-refractivity contribution is 5.89. The summed E-state index contributed by atoms with van der Waals surface area (Å²) in [6.45, 7) is 13.9. The van der Waals surface area contributed by atoms with Crippen LogP contribution in [0.2, 0.25) is 0 Å². The van der Waals surface area contributed by atoms with Gasteiger partial charge in [-0.25, -0.2) is 0 Å². The molecule has 0 atom stereocenters. The summed E-state index contributed by atoms with van der Waals surface area (Å²) in [7, 11) is 0. The van der Waals surface area contributed by atoms with Crippen molar-refractivity contribution in [2.24, 2.45) is 5.92 Å². The van der Waals surface area contributed by atoms with E-state index in [1.165, 1.54) is 38.9 Å². The Hall–Kier alpha value is -2.34. The highest BCUT2D eigenvalue weighted by Crippen LogP contribution is 2.43. The molecule has 0 spiro atoms. The van der Waals surface area contributed by atoms with Gasteiger partial charge in [0.25, 0.3) is 0 Å². The molecule has 140 valence electrons. The molecule has 0 N–H and O–H groups in total. The molecule has 0 saturated heterocycles. The number of rotatable bonds is 4. The zero-order valence-electron chi connectivity index (χ0n) is 17.6. The molecule has 0 aliphatic rings. The van der Waals surface area contributed by atoms with Crippen molar-refractivity contribution >= 4 is 0 Å². The first-order chi connectivity index (χ1) is 12.8. The largest absolute Gasteiger partial charge is 0.0625 e. The summed E-state index contributed by atoms with van der Waals surface area (Å²) in [6.07, 6.45) is 1.09. The Morgan fingerprint density at radius 1 is 0.741 bits per heavy atom. The lowest BCUT2D eigenvalue weighted by molar-refractivity contribution is 0.567. The number of hydrogen-bond acceptors (Lipinski definition) is 0. The number of benzene rings is 3. The van der Waals surface area contributed by atoms with Crippen molar-refractivity contribution in [3.63, 3.8) is 0 Å². The summed E-state index contributed by atoms with van der Waals surface area (Å²) >= 11 is 0. The van der Waals surface area contributed by atoms with Crippen molar-refractivity contribution in [3.05, 3.63) is 83.4 Å². The summed E-state index contributed by atoms with van der Waals surface area (Å²) in [5.41, 5.74) is 9.89. The third-order valence-electron chi connectivity index (χ3n) is 5.18. The molecule has 27 heavy (non-hydrogen) atoms. The van der Waals surface area contributed by atoms with Crippen LogP contribution in [0.25, 0.3) is 22.3 Å². The first-order valence-electron chi connectivity index (χ1n) is 10.1. The average molecular weight is 357 g/mol. The van der Waals surface area contributed by atoms with Gasteiger partial charge in [-0.15, -0.1) is 0 Å². The first-order valence-corrected chi connectivity index (χ1v) is 10.1. The fraction of sp³-hybridized carbons (Fsp3) is 0.333. The third-order valence-corrected chi connectivity index (χ3v) is 5.18. The van der Waals surface area contributed by atoms with Crippen LogP contribution >= 0.6 is 0 Å². The predicted octanol–water partition coefficient (Wildman–Crippen LogP) is 7.83. The zero-order valence-corrected chi connectivity index (χ0v) is 17.6. The molecule has 0 aliphatic carbocycles. The summed E-state index contributed by atoms with van der Waals surface area (Å²) in [5, 5.41) is 0. The molecule has 3 rings (SSSR count). The van der Waals surface area contributed by atoms with Crippen LogP contribution in [0.3, 0.4) is 0 Å². The minimum atomic E-state index is 0.119. The van der Waals surface area contributed by atoms with Crippen LogP contribution in [0.1, 0.15) is 51.3 Å². The van der Waals surface area contributed by atoms with Gasteiger partial charge < -0.3 is 0 Å². The van der Waals surface area contributed by atoms with Gasteiger partial charge in [0.1, 0.15) is 0 Å². The van der Waals surface area contributed by atoms with E-state index in [2.05, 4.69) is 108 Å². The van der Waals surface area contributed by atoms with Crippen LogP contribution in [0.5, 0.6) is 0 Å². The van der Waals surface area contributed by atoms with E-state index < -0.39 is 0 Å². The van der Waals surface area contributed by atoms with Crippen LogP contribution in [0, 0.1) is 12.8 Å². The Bertz CT molecular complexity index is 894. The van der Waals surface area contributed by atoms with E-state index >= 15 is 0 Å². The molecule has 0 heterocycles. The maximum Gasteiger partial charge on any atom is -0.00676 e. The molecule has 0 heteroatoms. The summed E-state index contributed by atoms with van der Waals surface area (Å²) < 4.78 is 0. The lowest BCUT2D eigenvalue weighted by Crippen LogP contribution is -2.17. The van der Waals surface area contributed by atoms with Crippen molar-refractivity contribution in [1.82, 2.24) is 0 Å². The lowest BCUT2D eigenvalue weighted by atomic mass is 9.75. The van der Waals surface area contributed by atoms with E-state index in [1.54, 1.807) is 0 Å². The smallest absolute Gasteiger partial charge is 0.00676 e. The molecule has 0 bridgehead atoms. The van der Waals surface area contributed by atoms with Gasteiger partial charge in [0.15, 0.2) is 0 Å². The van der Waals surface area contributed by atoms with E-state index in [-0.39, 0.29) is 5.41 Å². The van der Waals surface area contributed by atoms with E-state index in [9.17, 15) is 0 Å². The second kappa shape index (κ2) is 7.72. The molecule has 3 aromatic carbocycles. The molecular formula is C27H32. The van der Waals surface area contributed by atoms with Crippen LogP contribution in [0.15, 0.2) is 66.7 Å². The quantitative estimate of drug-likeness (QED) is 0.447. The molecule has 0 amide bonds. The monoisotopic (exact) mass is 356 g/mol. The molecular weight excluding hydrogens is 324 g/mol. The summed E-state index contributed by atoms with van der Waals surface area (Å²) in [4.78, 5) is 0. The summed E-state index contributed by atoms with van der Waals surface area (Å²) in [6, 6.07) is 24.2. The molecule has 0 fully saturated rings. The van der Waals surface area contributed by atoms with Crippen LogP contribution in [-0.4, -0.2) is 0 Å².